The summed E-state index contributed by atoms with van der Waals surface area (Å²) in [5, 5.41) is 0.672. The molecule has 3 aromatic rings. The molecule has 1 amide bonds. The fourth-order valence-corrected chi connectivity index (χ4v) is 3.39. The maximum absolute atomic E-state index is 13.2. The largest absolute Gasteiger partial charge is 0.330 e. The van der Waals surface area contributed by atoms with Gasteiger partial charge in [-0.3, -0.25) is 4.79 Å². The molecule has 0 radical (unpaired) electrons. The molecule has 0 spiro atoms. The van der Waals surface area contributed by atoms with Crippen LogP contribution in [0.4, 0.5) is 5.69 Å². The van der Waals surface area contributed by atoms with Crippen molar-refractivity contribution < 1.29 is 4.79 Å². The van der Waals surface area contributed by atoms with E-state index in [4.69, 9.17) is 18.2 Å². The van der Waals surface area contributed by atoms with E-state index >= 15 is 0 Å². The average Bonchev–Trinajstić information content (AvgIpc) is 3.12. The Labute approximate surface area is 168 Å². The lowest BCUT2D eigenvalue weighted by atomic mass is 10.0. The summed E-state index contributed by atoms with van der Waals surface area (Å²) in [7, 11) is 0. The number of fused-ring (bicyclic) bond motifs is 1. The van der Waals surface area contributed by atoms with Crippen molar-refractivity contribution in [2.45, 2.75) is 19.1 Å². The summed E-state index contributed by atoms with van der Waals surface area (Å²) in [6.07, 6.45) is 3.47. The molecule has 1 aliphatic heterocycles. The smallest absolute Gasteiger partial charge is 0.250 e. The highest BCUT2D eigenvalue weighted by atomic mass is 35.5. The van der Waals surface area contributed by atoms with E-state index in [0.29, 0.717) is 23.8 Å². The lowest BCUT2D eigenvalue weighted by Crippen LogP contribution is -2.42. The molecule has 4 rings (SSSR count). The molecule has 7 heteroatoms. The van der Waals surface area contributed by atoms with Crippen LogP contribution in [-0.4, -0.2) is 20.4 Å². The highest BCUT2D eigenvalue weighted by Crippen LogP contribution is 2.31. The second-order valence-corrected chi connectivity index (χ2v) is 6.66. The Bertz CT molecular complexity index is 1010. The highest BCUT2D eigenvalue weighted by molar-refractivity contribution is 6.30. The van der Waals surface area contributed by atoms with Gasteiger partial charge in [0.05, 0.1) is 25.1 Å². The first-order valence-corrected chi connectivity index (χ1v) is 8.55. The minimum atomic E-state index is -0.504. The summed E-state index contributed by atoms with van der Waals surface area (Å²) in [6, 6.07) is 14.2. The number of hydrogen-bond donors (Lipinski definition) is 0. The summed E-state index contributed by atoms with van der Waals surface area (Å²) in [5.41, 5.74) is 3.30. The van der Waals surface area contributed by atoms with Gasteiger partial charge < -0.3 is 9.47 Å². The van der Waals surface area contributed by atoms with Crippen LogP contribution in [0.25, 0.3) is 4.85 Å². The van der Waals surface area contributed by atoms with Crippen LogP contribution in [0.2, 0.25) is 5.02 Å². The van der Waals surface area contributed by atoms with Gasteiger partial charge in [0.2, 0.25) is 0 Å². The number of carbonyl (C=O) groups excluding carboxylic acids is 1. The van der Waals surface area contributed by atoms with Crippen LogP contribution in [-0.2, 0) is 17.9 Å². The van der Waals surface area contributed by atoms with E-state index in [-0.39, 0.29) is 18.3 Å². The number of rotatable bonds is 3. The first kappa shape index (κ1) is 19.0. The molecule has 0 N–H and O–H groups in total. The lowest BCUT2D eigenvalue weighted by molar-refractivity contribution is -0.136. The fourth-order valence-electron chi connectivity index (χ4n) is 3.26. The molecule has 0 saturated heterocycles. The van der Waals surface area contributed by atoms with Crippen LogP contribution in [0.1, 0.15) is 22.9 Å². The maximum atomic E-state index is 13.2. The Balaban J connectivity index is 0.00000210. The number of halogens is 2. The number of carbonyl (C=O) groups is 1. The normalized spacial score (nSPS) is 15.6. The van der Waals surface area contributed by atoms with Crippen molar-refractivity contribution in [2.75, 3.05) is 0 Å². The van der Waals surface area contributed by atoms with E-state index in [9.17, 15) is 4.79 Å². The molecule has 2 heterocycles. The van der Waals surface area contributed by atoms with Crippen LogP contribution in [0.5, 0.6) is 0 Å². The Morgan fingerprint density at radius 1 is 1.22 bits per heavy atom. The Hall–Kier alpha value is -2.81. The van der Waals surface area contributed by atoms with Gasteiger partial charge in [-0.2, -0.15) is 0 Å². The zero-order valence-corrected chi connectivity index (χ0v) is 15.8. The van der Waals surface area contributed by atoms with Crippen molar-refractivity contribution in [3.63, 3.8) is 0 Å². The van der Waals surface area contributed by atoms with Gasteiger partial charge in [0, 0.05) is 17.8 Å². The summed E-state index contributed by atoms with van der Waals surface area (Å²) in [5.74, 6) is -0.00687. The molecule has 1 aromatic heterocycles. The third-order valence-corrected chi connectivity index (χ3v) is 4.78. The molecule has 2 aromatic carbocycles. The van der Waals surface area contributed by atoms with Gasteiger partial charge in [0.15, 0.2) is 5.69 Å². The first-order valence-electron chi connectivity index (χ1n) is 8.17. The van der Waals surface area contributed by atoms with Gasteiger partial charge in [0.1, 0.15) is 6.04 Å². The van der Waals surface area contributed by atoms with Gasteiger partial charge in [0.25, 0.3) is 5.91 Å². The van der Waals surface area contributed by atoms with Crippen LogP contribution in [0.15, 0.2) is 61.1 Å². The second-order valence-electron chi connectivity index (χ2n) is 6.22. The average molecular weight is 399 g/mol. The number of nitrogens with zero attached hydrogens (tertiary/aromatic N) is 4. The van der Waals surface area contributed by atoms with Crippen LogP contribution < -0.4 is 0 Å². The van der Waals surface area contributed by atoms with Gasteiger partial charge in [-0.05, 0) is 23.3 Å². The first-order chi connectivity index (χ1) is 12.7. The molecule has 0 bridgehead atoms. The third kappa shape index (κ3) is 3.68. The van der Waals surface area contributed by atoms with Crippen LogP contribution >= 0.6 is 24.0 Å². The van der Waals surface area contributed by atoms with Gasteiger partial charge in [-0.15, -0.1) is 12.4 Å². The van der Waals surface area contributed by atoms with Crippen LogP contribution in [0, 0.1) is 6.57 Å². The summed E-state index contributed by atoms with van der Waals surface area (Å²) >= 11 is 5.95. The summed E-state index contributed by atoms with van der Waals surface area (Å²) in [6.45, 7) is 8.23. The van der Waals surface area contributed by atoms with Crippen molar-refractivity contribution >= 4 is 35.6 Å². The second kappa shape index (κ2) is 7.83. The molecule has 27 heavy (non-hydrogen) atoms. The molecule has 0 fully saturated rings. The SMILES string of the molecule is Cl.[C-]#[N+]c1cccc(C2C(=O)N(Cc3ccc(Cl)cc3)Cc3cncn32)c1. The zero-order chi connectivity index (χ0) is 18.1. The van der Waals surface area contributed by atoms with E-state index in [1.54, 1.807) is 24.7 Å². The lowest BCUT2D eigenvalue weighted by Gasteiger charge is -2.34. The molecule has 136 valence electrons. The topological polar surface area (TPSA) is 42.5 Å². The Kier molecular flexibility index (Phi) is 5.50. The highest BCUT2D eigenvalue weighted by Gasteiger charge is 2.34. The maximum Gasteiger partial charge on any atom is 0.250 e. The molecule has 0 saturated carbocycles. The van der Waals surface area contributed by atoms with E-state index in [2.05, 4.69) is 9.83 Å². The molecule has 5 nitrogen and oxygen atoms in total. The molecule has 1 aliphatic rings. The zero-order valence-electron chi connectivity index (χ0n) is 14.2. The minimum absolute atomic E-state index is 0. The van der Waals surface area contributed by atoms with E-state index in [0.717, 1.165) is 16.8 Å². The molecular weight excluding hydrogens is 383 g/mol. The molecule has 1 atom stereocenters. The van der Waals surface area contributed by atoms with Crippen molar-refractivity contribution in [1.29, 1.82) is 0 Å². The van der Waals surface area contributed by atoms with Gasteiger partial charge >= 0.3 is 0 Å². The fraction of sp³-hybridized carbons (Fsp3) is 0.150. The van der Waals surface area contributed by atoms with Gasteiger partial charge in [-0.25, -0.2) is 9.83 Å². The molecule has 1 unspecified atom stereocenters. The third-order valence-electron chi connectivity index (χ3n) is 4.52. The minimum Gasteiger partial charge on any atom is -0.330 e. The van der Waals surface area contributed by atoms with E-state index in [1.807, 2.05) is 45.9 Å². The van der Waals surface area contributed by atoms with Crippen molar-refractivity contribution in [2.24, 2.45) is 0 Å². The predicted octanol–water partition coefficient (Wildman–Crippen LogP) is 4.64. The quantitative estimate of drug-likeness (QED) is 0.603. The summed E-state index contributed by atoms with van der Waals surface area (Å²) in [4.78, 5) is 22.7. The Morgan fingerprint density at radius 2 is 2.00 bits per heavy atom. The van der Waals surface area contributed by atoms with E-state index < -0.39 is 6.04 Å². The number of benzene rings is 2. The number of aromatic nitrogens is 2. The van der Waals surface area contributed by atoms with Gasteiger partial charge in [-0.1, -0.05) is 48.0 Å². The predicted molar refractivity (Wildman–Crippen MR) is 106 cm³/mol. The molecule has 0 aliphatic carbocycles. The standard InChI is InChI=1S/C20H15ClN4O.ClH/c1-22-17-4-2-3-15(9-17)19-20(26)24(12-18-10-23-13-25(18)19)11-14-5-7-16(21)8-6-14;/h2-10,13,19H,11-12H2;1H. The van der Waals surface area contributed by atoms with Crippen molar-refractivity contribution in [1.82, 2.24) is 14.5 Å². The molecular formula is C20H16Cl2N4O. The number of imidazole rings is 1. The monoisotopic (exact) mass is 398 g/mol. The van der Waals surface area contributed by atoms with Crippen LogP contribution in [0.3, 0.4) is 0 Å². The van der Waals surface area contributed by atoms with Crippen molar-refractivity contribution in [3.05, 3.63) is 94.3 Å². The van der Waals surface area contributed by atoms with Crippen molar-refractivity contribution in [3.8, 4) is 0 Å². The number of amides is 1. The Morgan fingerprint density at radius 3 is 2.74 bits per heavy atom. The van der Waals surface area contributed by atoms with E-state index in [1.165, 1.54) is 0 Å². The number of hydrogen-bond acceptors (Lipinski definition) is 2. The summed E-state index contributed by atoms with van der Waals surface area (Å²) < 4.78 is 1.89.